The summed E-state index contributed by atoms with van der Waals surface area (Å²) < 4.78 is 2.01. The molecule has 1 aliphatic rings. The molecule has 0 aliphatic carbocycles. The molecule has 0 bridgehead atoms. The summed E-state index contributed by atoms with van der Waals surface area (Å²) in [7, 11) is 0. The van der Waals surface area contributed by atoms with Crippen LogP contribution < -0.4 is 0 Å². The van der Waals surface area contributed by atoms with E-state index in [4.69, 9.17) is 0 Å². The minimum atomic E-state index is 0.124. The summed E-state index contributed by atoms with van der Waals surface area (Å²) in [6.07, 6.45) is 4.52. The summed E-state index contributed by atoms with van der Waals surface area (Å²) >= 11 is 1.80. The smallest absolute Gasteiger partial charge is 0.173 e. The fourth-order valence-electron chi connectivity index (χ4n) is 4.73. The molecule has 1 fully saturated rings. The van der Waals surface area contributed by atoms with E-state index in [0.29, 0.717) is 0 Å². The minimum absolute atomic E-state index is 0.124. The Morgan fingerprint density at radius 2 is 1.59 bits per heavy atom. The largest absolute Gasteiger partial charge is 0.289 e. The van der Waals surface area contributed by atoms with Crippen LogP contribution in [0.3, 0.4) is 0 Å². The molecule has 2 aromatic heterocycles. The number of tetrazole rings is 1. The van der Waals surface area contributed by atoms with E-state index in [9.17, 15) is 0 Å². The zero-order chi connectivity index (χ0) is 21.6. The molecule has 32 heavy (non-hydrogen) atoms. The Kier molecular flexibility index (Phi) is 6.70. The van der Waals surface area contributed by atoms with Gasteiger partial charge in [0.15, 0.2) is 5.82 Å². The van der Waals surface area contributed by atoms with Crippen molar-refractivity contribution >= 4 is 11.3 Å². The van der Waals surface area contributed by atoms with Gasteiger partial charge in [0.1, 0.15) is 6.04 Å². The van der Waals surface area contributed by atoms with Gasteiger partial charge in [-0.05, 0) is 77.7 Å². The molecular weight excluding hydrogens is 414 g/mol. The van der Waals surface area contributed by atoms with Gasteiger partial charge in [0, 0.05) is 11.4 Å². The molecule has 164 valence electrons. The van der Waals surface area contributed by atoms with Gasteiger partial charge >= 0.3 is 0 Å². The van der Waals surface area contributed by atoms with Crippen molar-refractivity contribution in [3.8, 4) is 0 Å². The molecule has 5 nitrogen and oxygen atoms in total. The predicted octanol–water partition coefficient (Wildman–Crippen LogP) is 5.02. The van der Waals surface area contributed by atoms with Gasteiger partial charge in [-0.3, -0.25) is 4.90 Å². The molecule has 2 aromatic carbocycles. The summed E-state index contributed by atoms with van der Waals surface area (Å²) in [5, 5.41) is 15.1. The van der Waals surface area contributed by atoms with E-state index >= 15 is 0 Å². The van der Waals surface area contributed by atoms with Gasteiger partial charge in [-0.15, -0.1) is 16.4 Å². The van der Waals surface area contributed by atoms with Crippen molar-refractivity contribution in [3.05, 3.63) is 100 Å². The van der Waals surface area contributed by atoms with Gasteiger partial charge in [0.25, 0.3) is 0 Å². The first-order valence-corrected chi connectivity index (χ1v) is 12.4. The molecule has 0 saturated carbocycles. The Bertz CT molecular complexity index is 1070. The van der Waals surface area contributed by atoms with Gasteiger partial charge in [-0.25, -0.2) is 4.68 Å². The Morgan fingerprint density at radius 1 is 0.875 bits per heavy atom. The second kappa shape index (κ2) is 10.2. The summed E-state index contributed by atoms with van der Waals surface area (Å²) in [6.45, 7) is 2.94. The maximum Gasteiger partial charge on any atom is 0.173 e. The summed E-state index contributed by atoms with van der Waals surface area (Å²) in [4.78, 5) is 3.90. The first-order chi connectivity index (χ1) is 15.9. The van der Waals surface area contributed by atoms with Crippen molar-refractivity contribution in [1.82, 2.24) is 25.1 Å². The van der Waals surface area contributed by atoms with Gasteiger partial charge in [-0.1, -0.05) is 66.7 Å². The molecule has 6 heteroatoms. The van der Waals surface area contributed by atoms with Crippen molar-refractivity contribution in [2.75, 3.05) is 13.1 Å². The highest BCUT2D eigenvalue weighted by Crippen LogP contribution is 2.34. The fraction of sp³-hybridized carbons (Fsp3) is 0.346. The van der Waals surface area contributed by atoms with Crippen molar-refractivity contribution < 1.29 is 0 Å². The number of aryl methyl sites for hydroxylation is 2. The van der Waals surface area contributed by atoms with Crippen molar-refractivity contribution in [3.63, 3.8) is 0 Å². The number of thiophene rings is 1. The minimum Gasteiger partial charge on any atom is -0.289 e. The molecule has 1 atom stereocenters. The third-order valence-electron chi connectivity index (χ3n) is 6.45. The quantitative estimate of drug-likeness (QED) is 0.384. The maximum absolute atomic E-state index is 4.51. The number of hydrogen-bond donors (Lipinski definition) is 0. The standard InChI is InChI=1S/C26H29N5S/c1-3-8-21(9-4-1)15-18-31-26(27-28-29-31)25(24-12-7-19-32-24)30-16-13-23(14-17-30)20-22-10-5-2-6-11-22/h1-12,19,23,25H,13-18,20H2/t25-/m0/s1. The van der Waals surface area contributed by atoms with Crippen LogP contribution in [0.2, 0.25) is 0 Å². The van der Waals surface area contributed by atoms with E-state index in [0.717, 1.165) is 37.8 Å². The molecule has 5 rings (SSSR count). The third-order valence-corrected chi connectivity index (χ3v) is 7.38. The first-order valence-electron chi connectivity index (χ1n) is 11.5. The van der Waals surface area contributed by atoms with Crippen LogP contribution in [0.25, 0.3) is 0 Å². The zero-order valence-electron chi connectivity index (χ0n) is 18.3. The SMILES string of the molecule is c1ccc(CCn2nnnc2[C@H](c2cccs2)N2CCC(Cc3ccccc3)CC2)cc1. The number of nitrogens with zero attached hydrogens (tertiary/aromatic N) is 5. The lowest BCUT2D eigenvalue weighted by Crippen LogP contribution is -2.38. The van der Waals surface area contributed by atoms with E-state index in [1.807, 2.05) is 4.68 Å². The summed E-state index contributed by atoms with van der Waals surface area (Å²) in [5.74, 6) is 1.71. The van der Waals surface area contributed by atoms with Crippen LogP contribution in [0.15, 0.2) is 78.2 Å². The van der Waals surface area contributed by atoms with E-state index in [2.05, 4.69) is 98.6 Å². The van der Waals surface area contributed by atoms with Crippen molar-refractivity contribution in [2.45, 2.75) is 38.3 Å². The van der Waals surface area contributed by atoms with Crippen LogP contribution in [0, 0.1) is 5.92 Å². The number of benzene rings is 2. The predicted molar refractivity (Wildman–Crippen MR) is 129 cm³/mol. The van der Waals surface area contributed by atoms with Gasteiger partial charge in [0.2, 0.25) is 0 Å². The first kappa shape index (κ1) is 21.0. The lowest BCUT2D eigenvalue weighted by Gasteiger charge is -2.36. The van der Waals surface area contributed by atoms with E-state index in [1.165, 1.54) is 35.3 Å². The zero-order valence-corrected chi connectivity index (χ0v) is 19.1. The second-order valence-electron chi connectivity index (χ2n) is 8.58. The number of piperidine rings is 1. The van der Waals surface area contributed by atoms with Gasteiger partial charge in [-0.2, -0.15) is 0 Å². The lowest BCUT2D eigenvalue weighted by molar-refractivity contribution is 0.145. The number of likely N-dealkylation sites (tertiary alicyclic amines) is 1. The van der Waals surface area contributed by atoms with Crippen molar-refractivity contribution in [2.24, 2.45) is 5.92 Å². The maximum atomic E-state index is 4.51. The van der Waals surface area contributed by atoms with Crippen LogP contribution in [-0.4, -0.2) is 38.2 Å². The van der Waals surface area contributed by atoms with Crippen LogP contribution in [-0.2, 0) is 19.4 Å². The molecule has 0 amide bonds. The second-order valence-corrected chi connectivity index (χ2v) is 9.56. The highest BCUT2D eigenvalue weighted by molar-refractivity contribution is 7.10. The Balaban J connectivity index is 1.30. The van der Waals surface area contributed by atoms with E-state index in [1.54, 1.807) is 11.3 Å². The Morgan fingerprint density at radius 3 is 2.28 bits per heavy atom. The molecule has 1 saturated heterocycles. The van der Waals surface area contributed by atoms with Gasteiger partial charge < -0.3 is 0 Å². The van der Waals surface area contributed by atoms with Crippen LogP contribution in [0.5, 0.6) is 0 Å². The molecule has 0 unspecified atom stereocenters. The molecule has 0 spiro atoms. The Hall–Kier alpha value is -2.83. The van der Waals surface area contributed by atoms with E-state index < -0.39 is 0 Å². The van der Waals surface area contributed by atoms with Crippen LogP contribution in [0.4, 0.5) is 0 Å². The van der Waals surface area contributed by atoms with Gasteiger partial charge in [0.05, 0.1) is 0 Å². The molecule has 4 aromatic rings. The fourth-order valence-corrected chi connectivity index (χ4v) is 5.58. The van der Waals surface area contributed by atoms with E-state index in [-0.39, 0.29) is 6.04 Å². The monoisotopic (exact) mass is 443 g/mol. The molecule has 0 radical (unpaired) electrons. The third kappa shape index (κ3) is 4.97. The van der Waals surface area contributed by atoms with Crippen molar-refractivity contribution in [1.29, 1.82) is 0 Å². The average molecular weight is 444 g/mol. The van der Waals surface area contributed by atoms with Crippen LogP contribution >= 0.6 is 11.3 Å². The normalized spacial score (nSPS) is 16.2. The summed E-state index contributed by atoms with van der Waals surface area (Å²) in [5.41, 5.74) is 2.76. The molecular formula is C26H29N5S. The molecule has 3 heterocycles. The average Bonchev–Trinajstić information content (AvgIpc) is 3.54. The van der Waals surface area contributed by atoms with Crippen LogP contribution in [0.1, 0.15) is 40.7 Å². The molecule has 1 aliphatic heterocycles. The number of rotatable bonds is 8. The topological polar surface area (TPSA) is 46.8 Å². The Labute approximate surface area is 193 Å². The highest BCUT2D eigenvalue weighted by Gasteiger charge is 2.31. The number of hydrogen-bond acceptors (Lipinski definition) is 5. The highest BCUT2D eigenvalue weighted by atomic mass is 32.1. The summed E-state index contributed by atoms with van der Waals surface area (Å²) in [6, 6.07) is 25.9. The number of aromatic nitrogens is 4. The lowest BCUT2D eigenvalue weighted by atomic mass is 9.89. The molecule has 0 N–H and O–H groups in total.